The van der Waals surface area contributed by atoms with Crippen molar-refractivity contribution in [2.75, 3.05) is 18.8 Å². The first-order valence-corrected chi connectivity index (χ1v) is 6.49. The van der Waals surface area contributed by atoms with E-state index in [-0.39, 0.29) is 5.78 Å². The van der Waals surface area contributed by atoms with Crippen LogP contribution in [0.25, 0.3) is 0 Å². The van der Waals surface area contributed by atoms with Crippen molar-refractivity contribution >= 4 is 11.6 Å². The molecular formula is C14H21N3O. The van der Waals surface area contributed by atoms with Gasteiger partial charge in [0.2, 0.25) is 0 Å². The first-order chi connectivity index (χ1) is 8.53. The number of piperidine rings is 1. The third-order valence-electron chi connectivity index (χ3n) is 3.99. The largest absolute Gasteiger partial charge is 0.383 e. The van der Waals surface area contributed by atoms with Crippen molar-refractivity contribution in [3.05, 3.63) is 23.9 Å². The Morgan fingerprint density at radius 1 is 1.56 bits per heavy atom. The van der Waals surface area contributed by atoms with Crippen LogP contribution < -0.4 is 11.1 Å². The van der Waals surface area contributed by atoms with Crippen LogP contribution in [0.4, 0.5) is 5.82 Å². The number of rotatable bonds is 3. The zero-order valence-corrected chi connectivity index (χ0v) is 11.1. The maximum absolute atomic E-state index is 12.6. The lowest BCUT2D eigenvalue weighted by Gasteiger charge is -2.36. The number of pyridine rings is 1. The van der Waals surface area contributed by atoms with Gasteiger partial charge >= 0.3 is 0 Å². The maximum atomic E-state index is 12.6. The molecule has 98 valence electrons. The van der Waals surface area contributed by atoms with E-state index in [0.29, 0.717) is 17.3 Å². The van der Waals surface area contributed by atoms with E-state index in [4.69, 9.17) is 5.73 Å². The zero-order chi connectivity index (χ0) is 13.2. The molecule has 18 heavy (non-hydrogen) atoms. The molecule has 1 aromatic heterocycles. The summed E-state index contributed by atoms with van der Waals surface area (Å²) in [5.74, 6) is 0.791. The van der Waals surface area contributed by atoms with Crippen molar-refractivity contribution in [1.82, 2.24) is 10.3 Å². The number of anilines is 1. The smallest absolute Gasteiger partial charge is 0.172 e. The molecule has 2 heterocycles. The van der Waals surface area contributed by atoms with Gasteiger partial charge in [-0.2, -0.15) is 0 Å². The van der Waals surface area contributed by atoms with Crippen LogP contribution in [0.3, 0.4) is 0 Å². The molecule has 0 saturated carbocycles. The fraction of sp³-hybridized carbons (Fsp3) is 0.571. The molecule has 1 fully saturated rings. The van der Waals surface area contributed by atoms with E-state index in [1.54, 1.807) is 18.3 Å². The summed E-state index contributed by atoms with van der Waals surface area (Å²) in [4.78, 5) is 16.6. The molecule has 4 heteroatoms. The number of ketones is 1. The predicted octanol–water partition coefficient (Wildman–Crippen LogP) is 1.87. The van der Waals surface area contributed by atoms with Crippen LogP contribution in [0.15, 0.2) is 18.3 Å². The molecule has 0 radical (unpaired) electrons. The SMILES string of the molecule is CC(C)(C(=O)c1cccnc1N)C1CCCNC1. The molecule has 0 aromatic carbocycles. The molecule has 3 N–H and O–H groups in total. The molecule has 0 aliphatic carbocycles. The summed E-state index contributed by atoms with van der Waals surface area (Å²) in [6, 6.07) is 3.53. The number of carbonyl (C=O) groups excluding carboxylic acids is 1. The Kier molecular flexibility index (Phi) is 3.66. The van der Waals surface area contributed by atoms with E-state index in [1.807, 2.05) is 13.8 Å². The Bertz CT molecular complexity index is 436. The van der Waals surface area contributed by atoms with Crippen molar-refractivity contribution < 1.29 is 4.79 Å². The quantitative estimate of drug-likeness (QED) is 0.800. The van der Waals surface area contributed by atoms with Crippen LogP contribution in [0.5, 0.6) is 0 Å². The number of carbonyl (C=O) groups is 1. The first kappa shape index (κ1) is 13.0. The van der Waals surface area contributed by atoms with Crippen LogP contribution >= 0.6 is 0 Å². The maximum Gasteiger partial charge on any atom is 0.172 e. The second kappa shape index (κ2) is 5.06. The molecule has 0 amide bonds. The number of nitrogens with one attached hydrogen (secondary N) is 1. The molecule has 1 atom stereocenters. The van der Waals surface area contributed by atoms with E-state index >= 15 is 0 Å². The van der Waals surface area contributed by atoms with E-state index < -0.39 is 5.41 Å². The molecular weight excluding hydrogens is 226 g/mol. The summed E-state index contributed by atoms with van der Waals surface area (Å²) >= 11 is 0. The van der Waals surface area contributed by atoms with Crippen molar-refractivity contribution in [3.63, 3.8) is 0 Å². The van der Waals surface area contributed by atoms with Gasteiger partial charge in [-0.15, -0.1) is 0 Å². The highest BCUT2D eigenvalue weighted by atomic mass is 16.1. The van der Waals surface area contributed by atoms with Crippen LogP contribution in [0.2, 0.25) is 0 Å². The topological polar surface area (TPSA) is 68.0 Å². The fourth-order valence-electron chi connectivity index (χ4n) is 2.61. The molecule has 1 aliphatic rings. The molecule has 4 nitrogen and oxygen atoms in total. The Morgan fingerprint density at radius 2 is 2.33 bits per heavy atom. The molecule has 1 aliphatic heterocycles. The third-order valence-corrected chi connectivity index (χ3v) is 3.99. The summed E-state index contributed by atoms with van der Waals surface area (Å²) in [6.07, 6.45) is 3.83. The molecule has 1 aromatic rings. The van der Waals surface area contributed by atoms with Crippen LogP contribution in [0, 0.1) is 11.3 Å². The van der Waals surface area contributed by atoms with Gasteiger partial charge in [0.05, 0.1) is 5.56 Å². The Labute approximate surface area is 108 Å². The van der Waals surface area contributed by atoms with Gasteiger partial charge in [-0.05, 0) is 44.0 Å². The molecule has 0 spiro atoms. The normalized spacial score (nSPS) is 20.7. The predicted molar refractivity (Wildman–Crippen MR) is 72.4 cm³/mol. The lowest BCUT2D eigenvalue weighted by atomic mass is 9.70. The number of hydrogen-bond acceptors (Lipinski definition) is 4. The molecule has 1 unspecified atom stereocenters. The average Bonchev–Trinajstić information content (AvgIpc) is 2.39. The summed E-state index contributed by atoms with van der Waals surface area (Å²) in [5, 5.41) is 3.36. The minimum atomic E-state index is -0.398. The second-order valence-corrected chi connectivity index (χ2v) is 5.53. The highest BCUT2D eigenvalue weighted by Gasteiger charge is 2.38. The van der Waals surface area contributed by atoms with E-state index in [2.05, 4.69) is 10.3 Å². The van der Waals surface area contributed by atoms with Gasteiger partial charge in [-0.3, -0.25) is 4.79 Å². The van der Waals surface area contributed by atoms with Crippen molar-refractivity contribution in [3.8, 4) is 0 Å². The first-order valence-electron chi connectivity index (χ1n) is 6.49. The minimum Gasteiger partial charge on any atom is -0.383 e. The zero-order valence-electron chi connectivity index (χ0n) is 11.1. The Morgan fingerprint density at radius 3 is 2.94 bits per heavy atom. The number of nitrogen functional groups attached to an aromatic ring is 1. The Hall–Kier alpha value is -1.42. The molecule has 1 saturated heterocycles. The number of aromatic nitrogens is 1. The van der Waals surface area contributed by atoms with Gasteiger partial charge in [-0.25, -0.2) is 4.98 Å². The van der Waals surface area contributed by atoms with Crippen LogP contribution in [-0.2, 0) is 0 Å². The lowest BCUT2D eigenvalue weighted by molar-refractivity contribution is 0.0709. The minimum absolute atomic E-state index is 0.0989. The van der Waals surface area contributed by atoms with E-state index in [9.17, 15) is 4.79 Å². The highest BCUT2D eigenvalue weighted by molar-refractivity contribution is 6.03. The van der Waals surface area contributed by atoms with E-state index in [1.165, 1.54) is 0 Å². The lowest BCUT2D eigenvalue weighted by Crippen LogP contribution is -2.42. The highest BCUT2D eigenvalue weighted by Crippen LogP contribution is 2.35. The van der Waals surface area contributed by atoms with Gasteiger partial charge in [0.25, 0.3) is 0 Å². The van der Waals surface area contributed by atoms with E-state index in [0.717, 1.165) is 25.9 Å². The third kappa shape index (κ3) is 2.38. The van der Waals surface area contributed by atoms with Crippen molar-refractivity contribution in [2.45, 2.75) is 26.7 Å². The molecule has 2 rings (SSSR count). The monoisotopic (exact) mass is 247 g/mol. The van der Waals surface area contributed by atoms with Gasteiger partial charge in [0, 0.05) is 11.6 Å². The van der Waals surface area contributed by atoms with Crippen molar-refractivity contribution in [2.24, 2.45) is 11.3 Å². The average molecular weight is 247 g/mol. The summed E-state index contributed by atoms with van der Waals surface area (Å²) in [5.41, 5.74) is 5.95. The number of Topliss-reactive ketones (excluding diaryl/α,β-unsaturated/α-hetero) is 1. The second-order valence-electron chi connectivity index (χ2n) is 5.53. The van der Waals surface area contributed by atoms with Crippen molar-refractivity contribution in [1.29, 1.82) is 0 Å². The standard InChI is InChI=1S/C14H21N3O/c1-14(2,10-5-3-7-16-9-10)12(18)11-6-4-8-17-13(11)15/h4,6,8,10,16H,3,5,7,9H2,1-2H3,(H2,15,17). The van der Waals surface area contributed by atoms with Gasteiger partial charge in [0.15, 0.2) is 5.78 Å². The summed E-state index contributed by atoms with van der Waals surface area (Å²) < 4.78 is 0. The molecule has 0 bridgehead atoms. The van der Waals surface area contributed by atoms with Gasteiger partial charge < -0.3 is 11.1 Å². The van der Waals surface area contributed by atoms with Gasteiger partial charge in [-0.1, -0.05) is 13.8 Å². The van der Waals surface area contributed by atoms with Gasteiger partial charge in [0.1, 0.15) is 5.82 Å². The number of hydrogen-bond donors (Lipinski definition) is 2. The number of nitrogens with two attached hydrogens (primary N) is 1. The van der Waals surface area contributed by atoms with Crippen LogP contribution in [-0.4, -0.2) is 23.9 Å². The number of nitrogens with zero attached hydrogens (tertiary/aromatic N) is 1. The fourth-order valence-corrected chi connectivity index (χ4v) is 2.61. The summed E-state index contributed by atoms with van der Waals surface area (Å²) in [6.45, 7) is 5.98. The van der Waals surface area contributed by atoms with Crippen LogP contribution in [0.1, 0.15) is 37.0 Å². The Balaban J connectivity index is 2.24. The summed E-state index contributed by atoms with van der Waals surface area (Å²) in [7, 11) is 0.